The smallest absolute Gasteiger partial charge is 0.319 e. The lowest BCUT2D eigenvalue weighted by Gasteiger charge is -2.37. The molecule has 9 nitrogen and oxygen atoms in total. The molecule has 35 heavy (non-hydrogen) atoms. The second kappa shape index (κ2) is 11.7. The molecule has 4 rings (SSSR count). The highest BCUT2D eigenvalue weighted by atomic mass is 32.1. The third-order valence-corrected chi connectivity index (χ3v) is 6.26. The zero-order valence-corrected chi connectivity index (χ0v) is 21.0. The van der Waals surface area contributed by atoms with Gasteiger partial charge in [0.1, 0.15) is 12.1 Å². The minimum atomic E-state index is -0.241. The fourth-order valence-corrected chi connectivity index (χ4v) is 4.37. The van der Waals surface area contributed by atoms with E-state index in [2.05, 4.69) is 53.2 Å². The molecular formula is C25H32N8OS. The van der Waals surface area contributed by atoms with Crippen LogP contribution in [0.4, 0.5) is 22.0 Å². The second-order valence-electron chi connectivity index (χ2n) is 8.25. The number of nitrogens with one attached hydrogen (secondary N) is 4. The zero-order valence-electron chi connectivity index (χ0n) is 20.2. The van der Waals surface area contributed by atoms with E-state index in [4.69, 9.17) is 12.2 Å². The number of rotatable bonds is 7. The molecule has 0 spiro atoms. The number of benzene rings is 2. The van der Waals surface area contributed by atoms with Crippen molar-refractivity contribution in [2.24, 2.45) is 0 Å². The van der Waals surface area contributed by atoms with Gasteiger partial charge < -0.3 is 31.1 Å². The first kappa shape index (κ1) is 24.5. The third kappa shape index (κ3) is 6.07. The van der Waals surface area contributed by atoms with E-state index in [1.165, 1.54) is 5.56 Å². The van der Waals surface area contributed by atoms with Crippen molar-refractivity contribution in [1.29, 1.82) is 0 Å². The zero-order chi connectivity index (χ0) is 24.6. The number of piperazine rings is 1. The first-order valence-corrected chi connectivity index (χ1v) is 12.4. The molecule has 0 unspecified atom stereocenters. The summed E-state index contributed by atoms with van der Waals surface area (Å²) in [6, 6.07) is 13.9. The summed E-state index contributed by atoms with van der Waals surface area (Å²) in [5, 5.41) is 14.1. The van der Waals surface area contributed by atoms with Crippen molar-refractivity contribution >= 4 is 51.5 Å². The first-order chi connectivity index (χ1) is 17.1. The number of hydrogen-bond acceptors (Lipinski definition) is 6. The molecule has 184 valence electrons. The van der Waals surface area contributed by atoms with E-state index >= 15 is 0 Å². The van der Waals surface area contributed by atoms with Gasteiger partial charge in [-0.3, -0.25) is 0 Å². The summed E-state index contributed by atoms with van der Waals surface area (Å²) in [6.45, 7) is 9.07. The van der Waals surface area contributed by atoms with Gasteiger partial charge in [0.05, 0.1) is 16.9 Å². The van der Waals surface area contributed by atoms with E-state index in [-0.39, 0.29) is 6.03 Å². The van der Waals surface area contributed by atoms with Gasteiger partial charge in [0.15, 0.2) is 5.11 Å². The van der Waals surface area contributed by atoms with Crippen LogP contribution in [0, 0.1) is 0 Å². The Morgan fingerprint density at radius 1 is 0.971 bits per heavy atom. The minimum absolute atomic E-state index is 0.241. The quantitative estimate of drug-likeness (QED) is 0.373. The van der Waals surface area contributed by atoms with Crippen molar-refractivity contribution < 1.29 is 4.79 Å². The molecule has 0 radical (unpaired) electrons. The van der Waals surface area contributed by atoms with Crippen LogP contribution < -0.4 is 26.2 Å². The normalized spacial score (nSPS) is 13.4. The molecule has 1 aliphatic rings. The van der Waals surface area contributed by atoms with Crippen LogP contribution in [0.15, 0.2) is 48.8 Å². The lowest BCUT2D eigenvalue weighted by Crippen LogP contribution is -2.51. The van der Waals surface area contributed by atoms with Crippen LogP contribution in [0.2, 0.25) is 0 Å². The summed E-state index contributed by atoms with van der Waals surface area (Å²) in [5.74, 6) is 0.861. The van der Waals surface area contributed by atoms with Crippen LogP contribution in [0.1, 0.15) is 19.4 Å². The van der Waals surface area contributed by atoms with E-state index in [9.17, 15) is 4.79 Å². The van der Waals surface area contributed by atoms with Crippen molar-refractivity contribution in [2.45, 2.75) is 20.4 Å². The highest BCUT2D eigenvalue weighted by Gasteiger charge is 2.22. The number of amides is 2. The first-order valence-electron chi connectivity index (χ1n) is 12.0. The molecule has 2 amide bonds. The van der Waals surface area contributed by atoms with E-state index < -0.39 is 0 Å². The number of carbonyl (C=O) groups excluding carboxylic acids is 1. The number of nitrogens with zero attached hydrogens (tertiary/aromatic N) is 4. The Labute approximate surface area is 211 Å². The van der Waals surface area contributed by atoms with E-state index in [1.807, 2.05) is 44.2 Å². The molecule has 1 saturated heterocycles. The fraction of sp³-hybridized carbons (Fsp3) is 0.360. The molecule has 3 aromatic rings. The Bertz CT molecular complexity index is 1160. The number of carbonyl (C=O) groups is 1. The van der Waals surface area contributed by atoms with Gasteiger partial charge in [-0.2, -0.15) is 0 Å². The summed E-state index contributed by atoms with van der Waals surface area (Å²) in [6.07, 6.45) is 1.60. The Morgan fingerprint density at radius 3 is 2.46 bits per heavy atom. The summed E-state index contributed by atoms with van der Waals surface area (Å²) in [4.78, 5) is 25.8. The van der Waals surface area contributed by atoms with Crippen LogP contribution in [-0.2, 0) is 6.54 Å². The largest absolute Gasteiger partial charge is 0.384 e. The maximum absolute atomic E-state index is 12.2. The predicted octanol–water partition coefficient (Wildman–Crippen LogP) is 3.40. The molecule has 0 atom stereocenters. The molecule has 0 bridgehead atoms. The van der Waals surface area contributed by atoms with Crippen molar-refractivity contribution in [3.63, 3.8) is 0 Å². The molecule has 10 heteroatoms. The Balaban J connectivity index is 1.47. The van der Waals surface area contributed by atoms with E-state index in [1.54, 1.807) is 6.33 Å². The summed E-state index contributed by atoms with van der Waals surface area (Å²) in [7, 11) is 0. The minimum Gasteiger partial charge on any atom is -0.384 e. The maximum atomic E-state index is 12.2. The predicted molar refractivity (Wildman–Crippen MR) is 146 cm³/mol. The summed E-state index contributed by atoms with van der Waals surface area (Å²) >= 11 is 5.64. The van der Waals surface area contributed by atoms with Crippen LogP contribution >= 0.6 is 12.2 Å². The maximum Gasteiger partial charge on any atom is 0.319 e. The van der Waals surface area contributed by atoms with Gasteiger partial charge in [-0.1, -0.05) is 30.3 Å². The Morgan fingerprint density at radius 2 is 1.74 bits per heavy atom. The molecular weight excluding hydrogens is 460 g/mol. The molecule has 1 aromatic heterocycles. The lowest BCUT2D eigenvalue weighted by molar-refractivity contribution is 0.252. The van der Waals surface area contributed by atoms with Gasteiger partial charge in [0.25, 0.3) is 0 Å². The number of thiocarbonyl (C=S) groups is 1. The average Bonchev–Trinajstić information content (AvgIpc) is 2.88. The van der Waals surface area contributed by atoms with Crippen LogP contribution in [0.5, 0.6) is 0 Å². The van der Waals surface area contributed by atoms with Gasteiger partial charge in [-0.15, -0.1) is 0 Å². The van der Waals surface area contributed by atoms with Crippen molar-refractivity contribution in [1.82, 2.24) is 25.5 Å². The van der Waals surface area contributed by atoms with Crippen LogP contribution in [0.3, 0.4) is 0 Å². The van der Waals surface area contributed by atoms with Gasteiger partial charge in [0.2, 0.25) is 0 Å². The molecule has 1 aliphatic heterocycles. The second-order valence-corrected chi connectivity index (χ2v) is 8.63. The molecule has 2 heterocycles. The van der Waals surface area contributed by atoms with Crippen LogP contribution in [0.25, 0.3) is 10.9 Å². The van der Waals surface area contributed by atoms with Crippen molar-refractivity contribution in [3.05, 3.63) is 54.4 Å². The molecule has 4 N–H and O–H groups in total. The van der Waals surface area contributed by atoms with Gasteiger partial charge in [-0.05, 0) is 43.8 Å². The summed E-state index contributed by atoms with van der Waals surface area (Å²) in [5.41, 5.74) is 3.56. The van der Waals surface area contributed by atoms with Crippen molar-refractivity contribution in [2.75, 3.05) is 54.8 Å². The average molecular weight is 493 g/mol. The number of hydrogen-bond donors (Lipinski definition) is 4. The van der Waals surface area contributed by atoms with E-state index in [0.717, 1.165) is 60.2 Å². The number of urea groups is 1. The van der Waals surface area contributed by atoms with Gasteiger partial charge in [-0.25, -0.2) is 14.8 Å². The summed E-state index contributed by atoms with van der Waals surface area (Å²) < 4.78 is 0. The van der Waals surface area contributed by atoms with Crippen molar-refractivity contribution in [3.8, 4) is 0 Å². The molecule has 2 aromatic carbocycles. The monoisotopic (exact) mass is 492 g/mol. The number of anilines is 3. The highest BCUT2D eigenvalue weighted by Crippen LogP contribution is 2.32. The molecule has 1 fully saturated rings. The highest BCUT2D eigenvalue weighted by molar-refractivity contribution is 7.80. The molecule has 0 aliphatic carbocycles. The Kier molecular flexibility index (Phi) is 8.15. The third-order valence-electron chi connectivity index (χ3n) is 5.86. The lowest BCUT2D eigenvalue weighted by atomic mass is 10.1. The van der Waals surface area contributed by atoms with Gasteiger partial charge >= 0.3 is 6.03 Å². The number of aromatic nitrogens is 2. The topological polar surface area (TPSA) is 97.5 Å². The van der Waals surface area contributed by atoms with Crippen LogP contribution in [-0.4, -0.2) is 65.3 Å². The standard InChI is InChI=1S/C25H32N8OS/c1-3-26-21-15-20-19(14-22(21)31-24(34)27-4-2)23(30-17-29-20)32-10-12-33(13-11-32)25(35)28-16-18-8-6-5-7-9-18/h5-9,14-15,17,26H,3-4,10-13,16H2,1-2H3,(H,28,35)(H2,27,31,34). The molecule has 0 saturated carbocycles. The fourth-order valence-electron chi connectivity index (χ4n) is 4.12. The van der Waals surface area contributed by atoms with E-state index in [0.29, 0.717) is 18.8 Å². The Hall–Kier alpha value is -3.66. The SMILES string of the molecule is CCNC(=O)Nc1cc2c(N3CCN(C(=S)NCc4ccccc4)CC3)ncnc2cc1NCC. The van der Waals surface area contributed by atoms with Gasteiger partial charge in [0, 0.05) is 51.2 Å². The number of fused-ring (bicyclic) bond motifs is 1.